The third-order valence-corrected chi connectivity index (χ3v) is 4.99. The average Bonchev–Trinajstić information content (AvgIpc) is 3.20. The maximum absolute atomic E-state index is 12.1. The molecule has 0 spiro atoms. The van der Waals surface area contributed by atoms with E-state index in [1.54, 1.807) is 25.4 Å². The van der Waals surface area contributed by atoms with Crippen molar-refractivity contribution in [1.82, 2.24) is 24.8 Å². The topological polar surface area (TPSA) is 113 Å². The third kappa shape index (κ3) is 4.49. The first-order chi connectivity index (χ1) is 13.0. The Labute approximate surface area is 166 Å². The lowest BCUT2D eigenvalue weighted by molar-refractivity contribution is 0.196. The van der Waals surface area contributed by atoms with Crippen molar-refractivity contribution in [3.63, 3.8) is 0 Å². The summed E-state index contributed by atoms with van der Waals surface area (Å²) < 4.78 is 8.90. The van der Waals surface area contributed by atoms with Crippen LogP contribution in [0.3, 0.4) is 0 Å². The van der Waals surface area contributed by atoms with Gasteiger partial charge >= 0.3 is 5.69 Å². The van der Waals surface area contributed by atoms with E-state index in [1.165, 1.54) is 22.2 Å². The molecule has 0 unspecified atom stereocenters. The quantitative estimate of drug-likeness (QED) is 0.455. The van der Waals surface area contributed by atoms with E-state index in [4.69, 9.17) is 10.5 Å². The van der Waals surface area contributed by atoms with Crippen molar-refractivity contribution in [3.8, 4) is 5.69 Å². The number of aryl methyl sites for hydroxylation is 2. The van der Waals surface area contributed by atoms with Gasteiger partial charge in [-0.25, -0.2) is 14.8 Å². The van der Waals surface area contributed by atoms with Crippen LogP contribution in [-0.2, 0) is 18.4 Å². The van der Waals surface area contributed by atoms with Crippen molar-refractivity contribution in [1.29, 1.82) is 0 Å². The maximum Gasteiger partial charge on any atom is 0.368 e. The van der Waals surface area contributed by atoms with Gasteiger partial charge in [-0.3, -0.25) is 0 Å². The molecule has 9 nitrogen and oxygen atoms in total. The molecule has 2 aromatic heterocycles. The number of ether oxygens (including phenoxy) is 1. The molecule has 3 aromatic rings. The summed E-state index contributed by atoms with van der Waals surface area (Å²) in [6, 6.07) is 5.54. The highest BCUT2D eigenvalue weighted by Gasteiger charge is 2.13. The number of aliphatic imine (C=N–C) groups is 1. The van der Waals surface area contributed by atoms with Crippen molar-refractivity contribution in [2.24, 2.45) is 17.8 Å². The van der Waals surface area contributed by atoms with Crippen LogP contribution in [-0.4, -0.2) is 31.0 Å². The first-order valence-electron chi connectivity index (χ1n) is 7.77. The van der Waals surface area contributed by atoms with Crippen molar-refractivity contribution < 1.29 is 4.74 Å². The number of tetrazole rings is 1. The van der Waals surface area contributed by atoms with E-state index in [-0.39, 0.29) is 18.2 Å². The minimum atomic E-state index is -0.341. The fraction of sp³-hybridized carbons (Fsp3) is 0.188. The van der Waals surface area contributed by atoms with Gasteiger partial charge in [0.1, 0.15) is 6.61 Å². The molecule has 0 bridgehead atoms. The van der Waals surface area contributed by atoms with Crippen LogP contribution >= 0.6 is 27.3 Å². The largest absolute Gasteiger partial charge is 0.474 e. The number of aromatic nitrogens is 5. The van der Waals surface area contributed by atoms with Gasteiger partial charge in [-0.05, 0) is 44.9 Å². The number of rotatable bonds is 6. The third-order valence-electron chi connectivity index (χ3n) is 3.61. The zero-order chi connectivity index (χ0) is 19.4. The number of nitrogens with zero attached hydrogens (tertiary/aromatic N) is 6. The number of halogens is 1. The van der Waals surface area contributed by atoms with Gasteiger partial charge in [0.15, 0.2) is 5.88 Å². The smallest absolute Gasteiger partial charge is 0.368 e. The number of allylic oxidation sites excluding steroid dienone is 1. The van der Waals surface area contributed by atoms with E-state index in [0.717, 1.165) is 19.6 Å². The summed E-state index contributed by atoms with van der Waals surface area (Å²) in [6.07, 6.45) is 4.74. The summed E-state index contributed by atoms with van der Waals surface area (Å²) >= 11 is 4.73. The molecule has 0 fully saturated rings. The SMILES string of the molecule is Cc1cccc(-n2nnn(C)c2=O)c1COC(N)=CC=Nc1ncc(Br)s1. The van der Waals surface area contributed by atoms with Crippen molar-refractivity contribution >= 4 is 38.6 Å². The predicted octanol–water partition coefficient (Wildman–Crippen LogP) is 2.21. The number of hydrogen-bond acceptors (Lipinski definition) is 8. The molecule has 0 aliphatic rings. The zero-order valence-electron chi connectivity index (χ0n) is 14.5. The summed E-state index contributed by atoms with van der Waals surface area (Å²) in [7, 11) is 1.54. The lowest BCUT2D eigenvalue weighted by atomic mass is 10.1. The Bertz CT molecular complexity index is 1070. The van der Waals surface area contributed by atoms with E-state index < -0.39 is 0 Å². The van der Waals surface area contributed by atoms with Crippen LogP contribution in [0.2, 0.25) is 0 Å². The van der Waals surface area contributed by atoms with Gasteiger partial charge in [-0.2, -0.15) is 9.36 Å². The van der Waals surface area contributed by atoms with Gasteiger partial charge in [-0.1, -0.05) is 23.5 Å². The second-order valence-corrected chi connectivity index (χ2v) is 7.84. The predicted molar refractivity (Wildman–Crippen MR) is 106 cm³/mol. The zero-order valence-corrected chi connectivity index (χ0v) is 16.9. The Kier molecular flexibility index (Phi) is 5.81. The van der Waals surface area contributed by atoms with Gasteiger partial charge in [0.05, 0.1) is 15.7 Å². The molecule has 140 valence electrons. The lowest BCUT2D eigenvalue weighted by Gasteiger charge is -2.12. The highest BCUT2D eigenvalue weighted by Crippen LogP contribution is 2.25. The Morgan fingerprint density at radius 3 is 2.93 bits per heavy atom. The molecule has 0 aliphatic heterocycles. The second-order valence-electron chi connectivity index (χ2n) is 5.45. The van der Waals surface area contributed by atoms with Gasteiger partial charge in [0.2, 0.25) is 5.13 Å². The molecule has 1 aromatic carbocycles. The Balaban J connectivity index is 1.76. The summed E-state index contributed by atoms with van der Waals surface area (Å²) in [5, 5.41) is 8.23. The number of benzene rings is 1. The molecule has 0 aliphatic carbocycles. The molecule has 27 heavy (non-hydrogen) atoms. The normalized spacial score (nSPS) is 12.0. The molecule has 0 atom stereocenters. The second kappa shape index (κ2) is 8.27. The van der Waals surface area contributed by atoms with Crippen LogP contribution in [0.15, 0.2) is 49.9 Å². The molecule has 0 amide bonds. The molecule has 2 N–H and O–H groups in total. The Morgan fingerprint density at radius 1 is 1.44 bits per heavy atom. The minimum absolute atomic E-state index is 0.171. The standard InChI is InChI=1S/C16H16BrN7O2S/c1-10-4-3-5-12(24-16(25)23(2)21-22-24)11(10)9-26-14(18)6-7-19-15-20-8-13(17)27-15/h3-8H,9,18H2,1-2H3. The maximum atomic E-state index is 12.1. The highest BCUT2D eigenvalue weighted by atomic mass is 79.9. The first kappa shape index (κ1) is 19.0. The molecule has 0 saturated heterocycles. The van der Waals surface area contributed by atoms with Gasteiger partial charge < -0.3 is 10.5 Å². The van der Waals surface area contributed by atoms with E-state index in [0.29, 0.717) is 10.8 Å². The lowest BCUT2D eigenvalue weighted by Crippen LogP contribution is -2.23. The summed E-state index contributed by atoms with van der Waals surface area (Å²) in [4.78, 5) is 20.4. The highest BCUT2D eigenvalue weighted by molar-refractivity contribution is 9.11. The average molecular weight is 450 g/mol. The molecular weight excluding hydrogens is 434 g/mol. The van der Waals surface area contributed by atoms with Crippen LogP contribution in [0.5, 0.6) is 0 Å². The van der Waals surface area contributed by atoms with Crippen molar-refractivity contribution in [3.05, 3.63) is 61.8 Å². The van der Waals surface area contributed by atoms with E-state index in [2.05, 4.69) is 36.3 Å². The molecular formula is C16H16BrN7O2S. The summed E-state index contributed by atoms with van der Waals surface area (Å²) in [5.41, 5.74) is 7.88. The number of nitrogens with two attached hydrogens (primary N) is 1. The van der Waals surface area contributed by atoms with Crippen LogP contribution in [0.1, 0.15) is 11.1 Å². The molecule has 0 radical (unpaired) electrons. The molecule has 0 saturated carbocycles. The van der Waals surface area contributed by atoms with Gasteiger partial charge in [0.25, 0.3) is 0 Å². The van der Waals surface area contributed by atoms with Crippen molar-refractivity contribution in [2.75, 3.05) is 0 Å². The van der Waals surface area contributed by atoms with Crippen LogP contribution in [0, 0.1) is 6.92 Å². The van der Waals surface area contributed by atoms with E-state index in [1.807, 2.05) is 19.1 Å². The fourth-order valence-corrected chi connectivity index (χ4v) is 3.26. The Hall–Kier alpha value is -2.79. The van der Waals surface area contributed by atoms with Crippen LogP contribution in [0.25, 0.3) is 5.69 Å². The monoisotopic (exact) mass is 449 g/mol. The van der Waals surface area contributed by atoms with Crippen LogP contribution < -0.4 is 11.4 Å². The van der Waals surface area contributed by atoms with E-state index >= 15 is 0 Å². The first-order valence-corrected chi connectivity index (χ1v) is 9.38. The molecule has 3 rings (SSSR count). The summed E-state index contributed by atoms with van der Waals surface area (Å²) in [5.74, 6) is 0.190. The molecule has 2 heterocycles. The van der Waals surface area contributed by atoms with Crippen LogP contribution in [0.4, 0.5) is 5.13 Å². The van der Waals surface area contributed by atoms with Crippen molar-refractivity contribution in [2.45, 2.75) is 13.5 Å². The van der Waals surface area contributed by atoms with Gasteiger partial charge in [-0.15, -0.1) is 0 Å². The molecule has 11 heteroatoms. The number of thiazole rings is 1. The summed E-state index contributed by atoms with van der Waals surface area (Å²) in [6.45, 7) is 2.09. The number of hydrogen-bond donors (Lipinski definition) is 1. The minimum Gasteiger partial charge on any atom is -0.474 e. The Morgan fingerprint density at radius 2 is 2.26 bits per heavy atom. The van der Waals surface area contributed by atoms with Gasteiger partial charge in [0, 0.05) is 24.9 Å². The fourth-order valence-electron chi connectivity index (χ4n) is 2.22. The van der Waals surface area contributed by atoms with E-state index in [9.17, 15) is 4.79 Å².